The molecule has 102 valence electrons. The summed E-state index contributed by atoms with van der Waals surface area (Å²) in [5.41, 5.74) is 2.04. The van der Waals surface area contributed by atoms with Crippen LogP contribution in [0.2, 0.25) is 0 Å². The van der Waals surface area contributed by atoms with Crippen LogP contribution in [0.3, 0.4) is 0 Å². The van der Waals surface area contributed by atoms with E-state index >= 15 is 0 Å². The third-order valence-electron chi connectivity index (χ3n) is 3.58. The Labute approximate surface area is 116 Å². The standard InChI is InChI=1S/C16H23N3/c1-14(2)12-18-7-9-19(10-8-18)13-16-5-3-15(11-17)4-6-16/h3-6,14H,7-10,12-13H2,1-2H3. The molecule has 0 radical (unpaired) electrons. The summed E-state index contributed by atoms with van der Waals surface area (Å²) in [4.78, 5) is 5.05. The molecule has 1 aliphatic heterocycles. The molecule has 19 heavy (non-hydrogen) atoms. The summed E-state index contributed by atoms with van der Waals surface area (Å²) in [6.45, 7) is 11.4. The number of rotatable bonds is 4. The molecule has 0 aliphatic carbocycles. The molecule has 0 atom stereocenters. The average molecular weight is 257 g/mol. The monoisotopic (exact) mass is 257 g/mol. The maximum atomic E-state index is 8.79. The van der Waals surface area contributed by atoms with Crippen molar-refractivity contribution in [1.29, 1.82) is 5.26 Å². The van der Waals surface area contributed by atoms with Crippen LogP contribution in [-0.2, 0) is 6.54 Å². The van der Waals surface area contributed by atoms with Gasteiger partial charge in [0.05, 0.1) is 11.6 Å². The first-order valence-corrected chi connectivity index (χ1v) is 7.11. The highest BCUT2D eigenvalue weighted by Gasteiger charge is 2.17. The van der Waals surface area contributed by atoms with Crippen molar-refractivity contribution in [3.63, 3.8) is 0 Å². The third-order valence-corrected chi connectivity index (χ3v) is 3.58. The fraction of sp³-hybridized carbons (Fsp3) is 0.562. The Morgan fingerprint density at radius 2 is 1.63 bits per heavy atom. The molecule has 0 amide bonds. The van der Waals surface area contributed by atoms with Crippen LogP contribution in [0.5, 0.6) is 0 Å². The maximum absolute atomic E-state index is 8.79. The highest BCUT2D eigenvalue weighted by Crippen LogP contribution is 2.10. The summed E-state index contributed by atoms with van der Waals surface area (Å²) in [6, 6.07) is 10.1. The molecule has 3 heteroatoms. The van der Waals surface area contributed by atoms with E-state index in [0.717, 1.165) is 31.1 Å². The Morgan fingerprint density at radius 1 is 1.05 bits per heavy atom. The van der Waals surface area contributed by atoms with Crippen LogP contribution in [0.4, 0.5) is 0 Å². The zero-order valence-corrected chi connectivity index (χ0v) is 12.0. The maximum Gasteiger partial charge on any atom is 0.0991 e. The van der Waals surface area contributed by atoms with Crippen LogP contribution >= 0.6 is 0 Å². The van der Waals surface area contributed by atoms with Gasteiger partial charge in [0.1, 0.15) is 0 Å². The van der Waals surface area contributed by atoms with Crippen LogP contribution in [-0.4, -0.2) is 42.5 Å². The van der Waals surface area contributed by atoms with Crippen LogP contribution in [0, 0.1) is 17.2 Å². The predicted molar refractivity (Wildman–Crippen MR) is 77.7 cm³/mol. The highest BCUT2D eigenvalue weighted by molar-refractivity contribution is 5.31. The van der Waals surface area contributed by atoms with Gasteiger partial charge in [0.2, 0.25) is 0 Å². The molecule has 0 bridgehead atoms. The number of piperazine rings is 1. The molecular weight excluding hydrogens is 234 g/mol. The van der Waals surface area contributed by atoms with E-state index in [4.69, 9.17) is 5.26 Å². The molecule has 3 nitrogen and oxygen atoms in total. The van der Waals surface area contributed by atoms with Crippen LogP contribution < -0.4 is 0 Å². The third kappa shape index (κ3) is 4.34. The number of hydrogen-bond acceptors (Lipinski definition) is 3. The lowest BCUT2D eigenvalue weighted by Gasteiger charge is -2.35. The lowest BCUT2D eigenvalue weighted by atomic mass is 10.1. The zero-order chi connectivity index (χ0) is 13.7. The van der Waals surface area contributed by atoms with E-state index in [0.29, 0.717) is 0 Å². The van der Waals surface area contributed by atoms with Crippen molar-refractivity contribution in [1.82, 2.24) is 9.80 Å². The first-order chi connectivity index (χ1) is 9.17. The molecule has 0 aromatic heterocycles. The Balaban J connectivity index is 1.80. The molecular formula is C16H23N3. The topological polar surface area (TPSA) is 30.3 Å². The summed E-state index contributed by atoms with van der Waals surface area (Å²) < 4.78 is 0. The van der Waals surface area contributed by atoms with Crippen LogP contribution in [0.1, 0.15) is 25.0 Å². The van der Waals surface area contributed by atoms with E-state index < -0.39 is 0 Å². The van der Waals surface area contributed by atoms with Crippen molar-refractivity contribution in [2.24, 2.45) is 5.92 Å². The van der Waals surface area contributed by atoms with Gasteiger partial charge in [-0.05, 0) is 23.6 Å². The van der Waals surface area contributed by atoms with Gasteiger partial charge >= 0.3 is 0 Å². The summed E-state index contributed by atoms with van der Waals surface area (Å²) in [7, 11) is 0. The lowest BCUT2D eigenvalue weighted by Crippen LogP contribution is -2.46. The van der Waals surface area contributed by atoms with Gasteiger partial charge in [-0.15, -0.1) is 0 Å². The summed E-state index contributed by atoms with van der Waals surface area (Å²) in [5.74, 6) is 0.755. The van der Waals surface area contributed by atoms with E-state index in [9.17, 15) is 0 Å². The zero-order valence-electron chi connectivity index (χ0n) is 12.0. The van der Waals surface area contributed by atoms with E-state index in [1.807, 2.05) is 12.1 Å². The van der Waals surface area contributed by atoms with Gasteiger partial charge in [0, 0.05) is 39.3 Å². The van der Waals surface area contributed by atoms with E-state index in [2.05, 4.69) is 41.8 Å². The van der Waals surface area contributed by atoms with Crippen molar-refractivity contribution in [2.75, 3.05) is 32.7 Å². The minimum Gasteiger partial charge on any atom is -0.301 e. The second-order valence-corrected chi connectivity index (χ2v) is 5.78. The van der Waals surface area contributed by atoms with Gasteiger partial charge in [-0.3, -0.25) is 4.90 Å². The molecule has 0 spiro atoms. The van der Waals surface area contributed by atoms with Crippen molar-refractivity contribution in [3.8, 4) is 6.07 Å². The molecule has 1 saturated heterocycles. The van der Waals surface area contributed by atoms with Crippen molar-refractivity contribution >= 4 is 0 Å². The number of nitrogens with zero attached hydrogens (tertiary/aromatic N) is 3. The largest absolute Gasteiger partial charge is 0.301 e. The number of nitriles is 1. The van der Waals surface area contributed by atoms with Crippen LogP contribution in [0.25, 0.3) is 0 Å². The highest BCUT2D eigenvalue weighted by atomic mass is 15.3. The van der Waals surface area contributed by atoms with E-state index in [-0.39, 0.29) is 0 Å². The smallest absolute Gasteiger partial charge is 0.0991 e. The Bertz CT molecular complexity index is 422. The van der Waals surface area contributed by atoms with Crippen molar-refractivity contribution in [3.05, 3.63) is 35.4 Å². The van der Waals surface area contributed by atoms with Gasteiger partial charge in [-0.25, -0.2) is 0 Å². The molecule has 1 aliphatic rings. The lowest BCUT2D eigenvalue weighted by molar-refractivity contribution is 0.117. The first-order valence-electron chi connectivity index (χ1n) is 7.11. The molecule has 0 N–H and O–H groups in total. The van der Waals surface area contributed by atoms with Crippen molar-refractivity contribution < 1.29 is 0 Å². The second-order valence-electron chi connectivity index (χ2n) is 5.78. The van der Waals surface area contributed by atoms with Gasteiger partial charge in [-0.1, -0.05) is 26.0 Å². The van der Waals surface area contributed by atoms with Gasteiger partial charge in [-0.2, -0.15) is 5.26 Å². The molecule has 1 heterocycles. The summed E-state index contributed by atoms with van der Waals surface area (Å²) in [6.07, 6.45) is 0. The fourth-order valence-electron chi connectivity index (χ4n) is 2.59. The molecule has 1 fully saturated rings. The fourth-order valence-corrected chi connectivity index (χ4v) is 2.59. The molecule has 0 saturated carbocycles. The van der Waals surface area contributed by atoms with Crippen LogP contribution in [0.15, 0.2) is 24.3 Å². The Hall–Kier alpha value is -1.37. The minimum absolute atomic E-state index is 0.741. The molecule has 1 aromatic rings. The average Bonchev–Trinajstić information content (AvgIpc) is 2.41. The van der Waals surface area contributed by atoms with E-state index in [1.54, 1.807) is 0 Å². The SMILES string of the molecule is CC(C)CN1CCN(Cc2ccc(C#N)cc2)CC1. The van der Waals surface area contributed by atoms with E-state index in [1.165, 1.54) is 25.2 Å². The quantitative estimate of drug-likeness (QED) is 0.829. The number of benzene rings is 1. The normalized spacial score (nSPS) is 17.6. The predicted octanol–water partition coefficient (Wildman–Crippen LogP) is 2.33. The van der Waals surface area contributed by atoms with Crippen molar-refractivity contribution in [2.45, 2.75) is 20.4 Å². The summed E-state index contributed by atoms with van der Waals surface area (Å²) >= 11 is 0. The molecule has 1 aromatic carbocycles. The summed E-state index contributed by atoms with van der Waals surface area (Å²) in [5, 5.41) is 8.79. The minimum atomic E-state index is 0.741. The van der Waals surface area contributed by atoms with Gasteiger partial charge in [0.15, 0.2) is 0 Å². The van der Waals surface area contributed by atoms with Gasteiger partial charge in [0.25, 0.3) is 0 Å². The molecule has 0 unspecified atom stereocenters. The second kappa shape index (κ2) is 6.70. The Kier molecular flexibility index (Phi) is 4.95. The molecule has 2 rings (SSSR count). The Morgan fingerprint density at radius 3 is 2.16 bits per heavy atom. The number of hydrogen-bond donors (Lipinski definition) is 0. The first kappa shape index (κ1) is 14.0. The van der Waals surface area contributed by atoms with Gasteiger partial charge < -0.3 is 4.90 Å².